The van der Waals surface area contributed by atoms with Crippen molar-refractivity contribution in [2.75, 3.05) is 12.5 Å². The van der Waals surface area contributed by atoms with Gasteiger partial charge < -0.3 is 4.74 Å². The molecule has 1 aromatic carbocycles. The van der Waals surface area contributed by atoms with Crippen LogP contribution in [0.25, 0.3) is 15.9 Å². The maximum atomic E-state index is 12.7. The summed E-state index contributed by atoms with van der Waals surface area (Å²) < 4.78 is 7.89. The number of hydrogen-bond acceptors (Lipinski definition) is 6. The molecule has 0 atom stereocenters. The van der Waals surface area contributed by atoms with Gasteiger partial charge in [0.25, 0.3) is 11.5 Å². The molecule has 0 saturated heterocycles. The van der Waals surface area contributed by atoms with Crippen molar-refractivity contribution in [3.8, 4) is 11.4 Å². The third kappa shape index (κ3) is 3.16. The molecule has 0 aliphatic rings. The van der Waals surface area contributed by atoms with Crippen LogP contribution in [0.15, 0.2) is 53.7 Å². The van der Waals surface area contributed by atoms with Crippen molar-refractivity contribution in [3.63, 3.8) is 0 Å². The summed E-state index contributed by atoms with van der Waals surface area (Å²) >= 11 is 1.47. The number of carbonyl (C=O) groups excluding carboxylic acids is 1. The smallest absolute Gasteiger partial charge is 0.294 e. The lowest BCUT2D eigenvalue weighted by Crippen LogP contribution is -2.33. The zero-order chi connectivity index (χ0) is 19.7. The van der Waals surface area contributed by atoms with Gasteiger partial charge in [0.2, 0.25) is 0 Å². The number of fused-ring (bicyclic) bond motifs is 1. The molecule has 0 saturated carbocycles. The SMILES string of the molecule is CCc1cc2c(=O)n(NC(=O)c3nn(-c4ccccc4)cc3OC)cnc2s1. The Morgan fingerprint density at radius 3 is 2.79 bits per heavy atom. The molecule has 3 heterocycles. The lowest BCUT2D eigenvalue weighted by molar-refractivity contribution is 0.0999. The molecule has 0 fully saturated rings. The van der Waals surface area contributed by atoms with E-state index in [9.17, 15) is 9.59 Å². The maximum absolute atomic E-state index is 12.7. The number of carbonyl (C=O) groups is 1. The molecular weight excluding hydrogens is 378 g/mol. The van der Waals surface area contributed by atoms with Gasteiger partial charge in [-0.15, -0.1) is 11.3 Å². The number of benzene rings is 1. The van der Waals surface area contributed by atoms with Gasteiger partial charge in [0, 0.05) is 4.88 Å². The molecule has 0 spiro atoms. The second-order valence-electron chi connectivity index (χ2n) is 5.97. The second-order valence-corrected chi connectivity index (χ2v) is 7.09. The summed E-state index contributed by atoms with van der Waals surface area (Å²) in [6, 6.07) is 11.2. The number of rotatable bonds is 5. The number of amides is 1. The Morgan fingerprint density at radius 2 is 2.07 bits per heavy atom. The van der Waals surface area contributed by atoms with Gasteiger partial charge in [0.05, 0.1) is 24.4 Å². The zero-order valence-corrected chi connectivity index (χ0v) is 16.1. The average Bonchev–Trinajstić information content (AvgIpc) is 3.35. The fourth-order valence-corrected chi connectivity index (χ4v) is 3.69. The predicted octanol–water partition coefficient (Wildman–Crippen LogP) is 2.60. The first-order chi connectivity index (χ1) is 13.6. The fraction of sp³-hybridized carbons (Fsp3) is 0.158. The summed E-state index contributed by atoms with van der Waals surface area (Å²) in [4.78, 5) is 31.4. The predicted molar refractivity (Wildman–Crippen MR) is 107 cm³/mol. The van der Waals surface area contributed by atoms with E-state index in [1.165, 1.54) is 24.8 Å². The minimum absolute atomic E-state index is 0.0675. The molecule has 0 aliphatic heterocycles. The summed E-state index contributed by atoms with van der Waals surface area (Å²) in [5, 5.41) is 4.78. The van der Waals surface area contributed by atoms with Crippen LogP contribution in [0.5, 0.6) is 5.75 Å². The highest BCUT2D eigenvalue weighted by Crippen LogP contribution is 2.21. The molecule has 1 amide bonds. The topological polar surface area (TPSA) is 91.0 Å². The van der Waals surface area contributed by atoms with Crippen LogP contribution in [-0.2, 0) is 6.42 Å². The molecule has 0 unspecified atom stereocenters. The summed E-state index contributed by atoms with van der Waals surface area (Å²) in [7, 11) is 1.46. The summed E-state index contributed by atoms with van der Waals surface area (Å²) in [6.07, 6.45) is 3.74. The first kappa shape index (κ1) is 17.9. The van der Waals surface area contributed by atoms with Crippen LogP contribution in [0.2, 0.25) is 0 Å². The Morgan fingerprint density at radius 1 is 1.29 bits per heavy atom. The Kier molecular flexibility index (Phi) is 4.66. The van der Waals surface area contributed by atoms with E-state index in [1.807, 2.05) is 43.3 Å². The van der Waals surface area contributed by atoms with Gasteiger partial charge >= 0.3 is 0 Å². The van der Waals surface area contributed by atoms with Gasteiger partial charge in [-0.1, -0.05) is 25.1 Å². The van der Waals surface area contributed by atoms with E-state index in [4.69, 9.17) is 4.74 Å². The third-order valence-corrected chi connectivity index (χ3v) is 5.40. The van der Waals surface area contributed by atoms with Crippen LogP contribution < -0.4 is 15.7 Å². The molecule has 0 radical (unpaired) electrons. The zero-order valence-electron chi connectivity index (χ0n) is 15.2. The normalized spacial score (nSPS) is 10.9. The van der Waals surface area contributed by atoms with Crippen LogP contribution in [0.1, 0.15) is 22.3 Å². The number of aromatic nitrogens is 4. The number of methoxy groups -OCH3 is 1. The molecule has 4 rings (SSSR count). The van der Waals surface area contributed by atoms with Crippen molar-refractivity contribution in [2.24, 2.45) is 0 Å². The molecule has 28 heavy (non-hydrogen) atoms. The second kappa shape index (κ2) is 7.28. The standard InChI is InChI=1S/C19H17N5O3S/c1-3-13-9-14-18(28-13)20-11-24(19(14)26)22-17(25)16-15(27-2)10-23(21-16)12-7-5-4-6-8-12/h4-11H,3H2,1-2H3,(H,22,25). The Labute approximate surface area is 164 Å². The highest BCUT2D eigenvalue weighted by atomic mass is 32.1. The first-order valence-electron chi connectivity index (χ1n) is 8.61. The van der Waals surface area contributed by atoms with E-state index in [-0.39, 0.29) is 11.3 Å². The Balaban J connectivity index is 1.67. The van der Waals surface area contributed by atoms with Gasteiger partial charge in [0.1, 0.15) is 11.2 Å². The van der Waals surface area contributed by atoms with Gasteiger partial charge in [-0.3, -0.25) is 15.0 Å². The minimum atomic E-state index is -0.569. The molecule has 3 aromatic heterocycles. The highest BCUT2D eigenvalue weighted by Gasteiger charge is 2.20. The molecule has 1 N–H and O–H groups in total. The number of aryl methyl sites for hydroxylation is 1. The number of nitrogens with zero attached hydrogens (tertiary/aromatic N) is 4. The molecule has 0 aliphatic carbocycles. The van der Waals surface area contributed by atoms with Gasteiger partial charge in [-0.2, -0.15) is 5.10 Å². The van der Waals surface area contributed by atoms with E-state index in [1.54, 1.807) is 10.9 Å². The van der Waals surface area contributed by atoms with E-state index < -0.39 is 5.91 Å². The number of ether oxygens (including phenoxy) is 1. The molecule has 4 aromatic rings. The summed E-state index contributed by atoms with van der Waals surface area (Å²) in [5.41, 5.74) is 3.05. The Hall–Kier alpha value is -3.46. The largest absolute Gasteiger partial charge is 0.493 e. The van der Waals surface area contributed by atoms with Crippen molar-refractivity contribution in [1.29, 1.82) is 0 Å². The van der Waals surface area contributed by atoms with Gasteiger partial charge in [-0.05, 0) is 24.6 Å². The van der Waals surface area contributed by atoms with Crippen LogP contribution in [-0.4, -0.2) is 32.5 Å². The lowest BCUT2D eigenvalue weighted by atomic mass is 10.3. The monoisotopic (exact) mass is 395 g/mol. The summed E-state index contributed by atoms with van der Waals surface area (Å²) in [6.45, 7) is 2.01. The third-order valence-electron chi connectivity index (χ3n) is 4.21. The van der Waals surface area contributed by atoms with E-state index in [0.717, 1.165) is 21.7 Å². The van der Waals surface area contributed by atoms with Crippen LogP contribution in [0.3, 0.4) is 0 Å². The highest BCUT2D eigenvalue weighted by molar-refractivity contribution is 7.18. The van der Waals surface area contributed by atoms with Gasteiger partial charge in [-0.25, -0.2) is 14.3 Å². The van der Waals surface area contributed by atoms with E-state index >= 15 is 0 Å². The number of hydrogen-bond donors (Lipinski definition) is 1. The molecule has 8 nitrogen and oxygen atoms in total. The summed E-state index contributed by atoms with van der Waals surface area (Å²) in [5.74, 6) is -0.270. The van der Waals surface area contributed by atoms with Crippen molar-refractivity contribution >= 4 is 27.5 Å². The number of thiophene rings is 1. The van der Waals surface area contributed by atoms with Crippen LogP contribution in [0.4, 0.5) is 0 Å². The Bertz CT molecular complexity index is 1210. The van der Waals surface area contributed by atoms with Crippen molar-refractivity contribution < 1.29 is 9.53 Å². The van der Waals surface area contributed by atoms with Crippen LogP contribution in [0, 0.1) is 0 Å². The van der Waals surface area contributed by atoms with Crippen molar-refractivity contribution in [2.45, 2.75) is 13.3 Å². The van der Waals surface area contributed by atoms with Crippen molar-refractivity contribution in [1.82, 2.24) is 19.4 Å². The molecular formula is C19H17N5O3S. The van der Waals surface area contributed by atoms with E-state index in [2.05, 4.69) is 15.5 Å². The van der Waals surface area contributed by atoms with Crippen LogP contribution >= 0.6 is 11.3 Å². The molecule has 142 valence electrons. The number of nitrogens with one attached hydrogen (secondary N) is 1. The molecule has 9 heteroatoms. The van der Waals surface area contributed by atoms with Crippen molar-refractivity contribution in [3.05, 3.63) is 69.8 Å². The lowest BCUT2D eigenvalue weighted by Gasteiger charge is -2.06. The average molecular weight is 395 g/mol. The maximum Gasteiger partial charge on any atom is 0.294 e. The van der Waals surface area contributed by atoms with E-state index in [0.29, 0.717) is 16.0 Å². The number of para-hydroxylation sites is 1. The fourth-order valence-electron chi connectivity index (χ4n) is 2.77. The quantitative estimate of drug-likeness (QED) is 0.561. The first-order valence-corrected chi connectivity index (χ1v) is 9.43. The minimum Gasteiger partial charge on any atom is -0.493 e. The van der Waals surface area contributed by atoms with Gasteiger partial charge in [0.15, 0.2) is 11.4 Å². The molecule has 0 bridgehead atoms.